The van der Waals surface area contributed by atoms with E-state index >= 15 is 0 Å². The molecule has 0 saturated carbocycles. The van der Waals surface area contributed by atoms with Gasteiger partial charge in [0.05, 0.1) is 4.90 Å². The van der Waals surface area contributed by atoms with Gasteiger partial charge in [0.2, 0.25) is 21.8 Å². The maximum atomic E-state index is 12.9. The second kappa shape index (κ2) is 9.20. The Bertz CT molecular complexity index is 1090. The molecule has 3 rings (SSSR count). The molecule has 0 radical (unpaired) electrons. The molecule has 0 unspecified atom stereocenters. The van der Waals surface area contributed by atoms with Gasteiger partial charge < -0.3 is 5.32 Å². The number of amides is 2. The summed E-state index contributed by atoms with van der Waals surface area (Å²) in [5, 5.41) is 2.91. The van der Waals surface area contributed by atoms with E-state index in [-0.39, 0.29) is 23.1 Å². The van der Waals surface area contributed by atoms with Crippen LogP contribution in [0.15, 0.2) is 47.4 Å². The van der Waals surface area contributed by atoms with Gasteiger partial charge in [0, 0.05) is 38.7 Å². The van der Waals surface area contributed by atoms with Crippen molar-refractivity contribution in [3.05, 3.63) is 59.2 Å². The van der Waals surface area contributed by atoms with E-state index in [1.54, 1.807) is 26.0 Å². The van der Waals surface area contributed by atoms with Gasteiger partial charge in [0.1, 0.15) is 6.04 Å². The molecule has 1 atom stereocenters. The molecule has 0 aliphatic carbocycles. The molecule has 0 spiro atoms. The van der Waals surface area contributed by atoms with Crippen molar-refractivity contribution in [2.75, 3.05) is 18.0 Å². The Morgan fingerprint density at radius 2 is 1.84 bits per heavy atom. The number of benzene rings is 2. The SMILES string of the molecule is CCN(CC)S(=O)(=O)c1ccc2c(c1)C[C@@H](C(=O)NCc1cccc(C)c1)N2C(C)=O. The van der Waals surface area contributed by atoms with Crippen molar-refractivity contribution in [1.29, 1.82) is 0 Å². The predicted molar refractivity (Wildman–Crippen MR) is 120 cm³/mol. The highest BCUT2D eigenvalue weighted by atomic mass is 32.2. The first-order chi connectivity index (χ1) is 14.7. The molecular weight excluding hydrogens is 414 g/mol. The molecule has 8 heteroatoms. The van der Waals surface area contributed by atoms with Gasteiger partial charge in [-0.1, -0.05) is 43.7 Å². The Morgan fingerprint density at radius 3 is 2.45 bits per heavy atom. The highest BCUT2D eigenvalue weighted by Gasteiger charge is 2.37. The highest BCUT2D eigenvalue weighted by molar-refractivity contribution is 7.89. The second-order valence-corrected chi connectivity index (χ2v) is 9.63. The van der Waals surface area contributed by atoms with Gasteiger partial charge in [-0.25, -0.2) is 8.42 Å². The molecule has 166 valence electrons. The first-order valence-electron chi connectivity index (χ1n) is 10.4. The van der Waals surface area contributed by atoms with Crippen molar-refractivity contribution >= 4 is 27.5 Å². The average molecular weight is 444 g/mol. The van der Waals surface area contributed by atoms with Crippen LogP contribution in [-0.4, -0.2) is 43.7 Å². The number of anilines is 1. The van der Waals surface area contributed by atoms with Crippen molar-refractivity contribution in [2.24, 2.45) is 0 Å². The first-order valence-corrected chi connectivity index (χ1v) is 11.9. The van der Waals surface area contributed by atoms with E-state index in [1.807, 2.05) is 31.2 Å². The van der Waals surface area contributed by atoms with Crippen LogP contribution in [0.25, 0.3) is 0 Å². The largest absolute Gasteiger partial charge is 0.350 e. The molecule has 0 bridgehead atoms. The normalized spacial score (nSPS) is 15.8. The highest BCUT2D eigenvalue weighted by Crippen LogP contribution is 2.35. The smallest absolute Gasteiger partial charge is 0.243 e. The molecule has 2 aromatic rings. The number of carbonyl (C=O) groups is 2. The Morgan fingerprint density at radius 1 is 1.13 bits per heavy atom. The number of carbonyl (C=O) groups excluding carboxylic acids is 2. The maximum Gasteiger partial charge on any atom is 0.243 e. The number of rotatable bonds is 7. The van der Waals surface area contributed by atoms with Crippen molar-refractivity contribution < 1.29 is 18.0 Å². The fourth-order valence-electron chi connectivity index (χ4n) is 4.03. The van der Waals surface area contributed by atoms with E-state index in [0.29, 0.717) is 30.9 Å². The van der Waals surface area contributed by atoms with E-state index in [2.05, 4.69) is 5.32 Å². The molecule has 0 fully saturated rings. The number of nitrogens with zero attached hydrogens (tertiary/aromatic N) is 2. The van der Waals surface area contributed by atoms with Gasteiger partial charge in [0.15, 0.2) is 0 Å². The van der Waals surface area contributed by atoms with Crippen LogP contribution in [0.3, 0.4) is 0 Å². The molecular formula is C23H29N3O4S. The number of hydrogen-bond acceptors (Lipinski definition) is 4. The van der Waals surface area contributed by atoms with E-state index in [4.69, 9.17) is 0 Å². The van der Waals surface area contributed by atoms with E-state index in [9.17, 15) is 18.0 Å². The lowest BCUT2D eigenvalue weighted by atomic mass is 10.1. The third-order valence-corrected chi connectivity index (χ3v) is 7.62. The zero-order valence-electron chi connectivity index (χ0n) is 18.4. The summed E-state index contributed by atoms with van der Waals surface area (Å²) in [7, 11) is -3.62. The molecule has 1 aliphatic heterocycles. The van der Waals surface area contributed by atoms with Crippen molar-refractivity contribution in [1.82, 2.24) is 9.62 Å². The van der Waals surface area contributed by atoms with E-state index in [0.717, 1.165) is 11.1 Å². The number of hydrogen-bond donors (Lipinski definition) is 1. The Labute approximate surface area is 184 Å². The van der Waals surface area contributed by atoms with Gasteiger partial charge in [-0.15, -0.1) is 0 Å². The van der Waals surface area contributed by atoms with Gasteiger partial charge in [0.25, 0.3) is 0 Å². The zero-order chi connectivity index (χ0) is 22.8. The Kier molecular flexibility index (Phi) is 6.81. The third-order valence-electron chi connectivity index (χ3n) is 5.57. The maximum absolute atomic E-state index is 12.9. The molecule has 2 aromatic carbocycles. The lowest BCUT2D eigenvalue weighted by Crippen LogP contribution is -2.47. The quantitative estimate of drug-likeness (QED) is 0.713. The first kappa shape index (κ1) is 23.0. The van der Waals surface area contributed by atoms with Crippen LogP contribution in [0, 0.1) is 6.92 Å². The molecule has 0 saturated heterocycles. The van der Waals surface area contributed by atoms with Crippen molar-refractivity contribution in [3.8, 4) is 0 Å². The topological polar surface area (TPSA) is 86.8 Å². The summed E-state index contributed by atoms with van der Waals surface area (Å²) >= 11 is 0. The second-order valence-electron chi connectivity index (χ2n) is 7.70. The number of fused-ring (bicyclic) bond motifs is 1. The van der Waals surface area contributed by atoms with Gasteiger partial charge in [-0.3, -0.25) is 14.5 Å². The van der Waals surface area contributed by atoms with Crippen LogP contribution in [0.2, 0.25) is 0 Å². The predicted octanol–water partition coefficient (Wildman–Crippen LogP) is 2.62. The number of aryl methyl sites for hydroxylation is 1. The van der Waals surface area contributed by atoms with Crippen LogP contribution in [0.1, 0.15) is 37.5 Å². The molecule has 1 aliphatic rings. The number of nitrogens with one attached hydrogen (secondary N) is 1. The standard InChI is InChI=1S/C23H29N3O4S/c1-5-25(6-2)31(29,30)20-10-11-21-19(13-20)14-22(26(21)17(4)27)23(28)24-15-18-9-7-8-16(3)12-18/h7-13,22H,5-6,14-15H2,1-4H3,(H,24,28)/t22-/m0/s1. The molecule has 2 amide bonds. The van der Waals surface area contributed by atoms with Crippen LogP contribution in [-0.2, 0) is 32.6 Å². The molecule has 31 heavy (non-hydrogen) atoms. The van der Waals surface area contributed by atoms with Crippen molar-refractivity contribution in [3.63, 3.8) is 0 Å². The molecule has 7 nitrogen and oxygen atoms in total. The van der Waals surface area contributed by atoms with Crippen LogP contribution in [0.4, 0.5) is 5.69 Å². The van der Waals surface area contributed by atoms with Gasteiger partial charge >= 0.3 is 0 Å². The lowest BCUT2D eigenvalue weighted by molar-refractivity contribution is -0.125. The molecule has 1 N–H and O–H groups in total. The number of sulfonamides is 1. The fourth-order valence-corrected chi connectivity index (χ4v) is 5.54. The summed E-state index contributed by atoms with van der Waals surface area (Å²) in [5.41, 5.74) is 3.35. The summed E-state index contributed by atoms with van der Waals surface area (Å²) in [6.45, 7) is 8.09. The van der Waals surface area contributed by atoms with Crippen LogP contribution in [0.5, 0.6) is 0 Å². The summed E-state index contributed by atoms with van der Waals surface area (Å²) in [5.74, 6) is -0.519. The summed E-state index contributed by atoms with van der Waals surface area (Å²) < 4.78 is 27.1. The molecule has 1 heterocycles. The summed E-state index contributed by atoms with van der Waals surface area (Å²) in [4.78, 5) is 26.9. The minimum absolute atomic E-state index is 0.180. The van der Waals surface area contributed by atoms with Crippen LogP contribution < -0.4 is 10.2 Å². The fraction of sp³-hybridized carbons (Fsp3) is 0.391. The average Bonchev–Trinajstić information content (AvgIpc) is 3.12. The van der Waals surface area contributed by atoms with Crippen molar-refractivity contribution in [2.45, 2.75) is 51.6 Å². The molecule has 0 aromatic heterocycles. The van der Waals surface area contributed by atoms with Crippen LogP contribution >= 0.6 is 0 Å². The summed E-state index contributed by atoms with van der Waals surface area (Å²) in [6, 6.07) is 11.9. The summed E-state index contributed by atoms with van der Waals surface area (Å²) in [6.07, 6.45) is 0.274. The minimum atomic E-state index is -3.62. The Hall–Kier alpha value is -2.71. The minimum Gasteiger partial charge on any atom is -0.350 e. The monoisotopic (exact) mass is 443 g/mol. The lowest BCUT2D eigenvalue weighted by Gasteiger charge is -2.23. The van der Waals surface area contributed by atoms with E-state index < -0.39 is 16.1 Å². The zero-order valence-corrected chi connectivity index (χ0v) is 19.2. The van der Waals surface area contributed by atoms with Gasteiger partial charge in [-0.2, -0.15) is 4.31 Å². The van der Waals surface area contributed by atoms with Gasteiger partial charge in [-0.05, 0) is 36.2 Å². The third kappa shape index (κ3) is 4.65. The van der Waals surface area contributed by atoms with E-state index in [1.165, 1.54) is 22.2 Å². The Balaban J connectivity index is 1.84.